The highest BCUT2D eigenvalue weighted by atomic mass is 35.5. The number of hydrogen-bond acceptors (Lipinski definition) is 5. The highest BCUT2D eigenvalue weighted by Crippen LogP contribution is 2.24. The number of non-ortho nitro benzene ring substituents is 1. The van der Waals surface area contributed by atoms with Crippen LogP contribution in [-0.4, -0.2) is 29.8 Å². The van der Waals surface area contributed by atoms with Crippen LogP contribution in [0.2, 0.25) is 0 Å². The van der Waals surface area contributed by atoms with E-state index >= 15 is 0 Å². The maximum Gasteiger partial charge on any atom is 0.339 e. The highest BCUT2D eigenvalue weighted by Gasteiger charge is 2.22. The number of nitrogens with one attached hydrogen (secondary N) is 1. The van der Waals surface area contributed by atoms with Crippen LogP contribution in [0.5, 0.6) is 0 Å². The number of rotatable bonds is 6. The number of amides is 1. The number of benzene rings is 2. The zero-order valence-electron chi connectivity index (χ0n) is 13.3. The summed E-state index contributed by atoms with van der Waals surface area (Å²) in [6.45, 7) is 0. The first kappa shape index (κ1) is 18.4. The molecule has 1 atom stereocenters. The van der Waals surface area contributed by atoms with Crippen LogP contribution in [0, 0.1) is 10.1 Å². The van der Waals surface area contributed by atoms with Gasteiger partial charge in [-0.25, -0.2) is 4.79 Å². The zero-order valence-corrected chi connectivity index (χ0v) is 14.0. The standard InChI is InChI=1S/C17H15ClN2O5/c1-25-17(22)13-4-2-3-5-15(13)19-16(21)14(10-18)11-6-8-12(9-7-11)20(23)24/h2-9,14H,10H2,1H3,(H,19,21). The van der Waals surface area contributed by atoms with E-state index in [1.807, 2.05) is 0 Å². The molecule has 2 rings (SSSR count). The third kappa shape index (κ3) is 4.33. The summed E-state index contributed by atoms with van der Waals surface area (Å²) in [5.41, 5.74) is 0.980. The minimum atomic E-state index is -0.729. The number of nitrogens with zero attached hydrogens (tertiary/aromatic N) is 1. The Morgan fingerprint density at radius 2 is 1.84 bits per heavy atom. The van der Waals surface area contributed by atoms with Crippen molar-refractivity contribution in [3.8, 4) is 0 Å². The van der Waals surface area contributed by atoms with Gasteiger partial charge >= 0.3 is 5.97 Å². The van der Waals surface area contributed by atoms with Crippen LogP contribution in [0.25, 0.3) is 0 Å². The summed E-state index contributed by atoms with van der Waals surface area (Å²) in [5.74, 6) is -1.76. The molecule has 0 radical (unpaired) electrons. The van der Waals surface area contributed by atoms with Crippen LogP contribution in [0.1, 0.15) is 21.8 Å². The lowest BCUT2D eigenvalue weighted by Gasteiger charge is -2.16. The molecule has 0 spiro atoms. The van der Waals surface area contributed by atoms with Gasteiger partial charge in [0, 0.05) is 18.0 Å². The largest absolute Gasteiger partial charge is 0.465 e. The number of carbonyl (C=O) groups excluding carboxylic acids is 2. The lowest BCUT2D eigenvalue weighted by molar-refractivity contribution is -0.384. The number of nitro benzene ring substituents is 1. The van der Waals surface area contributed by atoms with E-state index in [0.717, 1.165) is 0 Å². The van der Waals surface area contributed by atoms with Gasteiger partial charge in [-0.3, -0.25) is 14.9 Å². The van der Waals surface area contributed by atoms with Gasteiger partial charge in [-0.1, -0.05) is 24.3 Å². The van der Waals surface area contributed by atoms with Gasteiger partial charge in [0.15, 0.2) is 0 Å². The number of nitro groups is 1. The van der Waals surface area contributed by atoms with E-state index in [4.69, 9.17) is 11.6 Å². The van der Waals surface area contributed by atoms with E-state index in [1.54, 1.807) is 18.2 Å². The molecule has 130 valence electrons. The molecule has 0 aliphatic carbocycles. The molecule has 0 heterocycles. The second kappa shape index (κ2) is 8.25. The number of halogens is 1. The molecule has 2 aromatic carbocycles. The Bertz CT molecular complexity index is 792. The van der Waals surface area contributed by atoms with Crippen LogP contribution in [0.4, 0.5) is 11.4 Å². The van der Waals surface area contributed by atoms with Crippen molar-refractivity contribution in [1.82, 2.24) is 0 Å². The third-order valence-corrected chi connectivity index (χ3v) is 3.88. The summed E-state index contributed by atoms with van der Waals surface area (Å²) in [7, 11) is 1.25. The van der Waals surface area contributed by atoms with Crippen molar-refractivity contribution < 1.29 is 19.2 Å². The highest BCUT2D eigenvalue weighted by molar-refractivity contribution is 6.20. The molecule has 8 heteroatoms. The molecule has 0 aliphatic heterocycles. The monoisotopic (exact) mass is 362 g/mol. The summed E-state index contributed by atoms with van der Waals surface area (Å²) in [6.07, 6.45) is 0. The number of hydrogen-bond donors (Lipinski definition) is 1. The Morgan fingerprint density at radius 3 is 2.40 bits per heavy atom. The number of para-hydroxylation sites is 1. The Balaban J connectivity index is 2.23. The van der Waals surface area contributed by atoms with E-state index in [9.17, 15) is 19.7 Å². The molecular weight excluding hydrogens is 348 g/mol. The summed E-state index contributed by atoms with van der Waals surface area (Å²) >= 11 is 5.91. The maximum atomic E-state index is 12.5. The van der Waals surface area contributed by atoms with Gasteiger partial charge in [0.1, 0.15) is 0 Å². The van der Waals surface area contributed by atoms with Crippen LogP contribution in [0.15, 0.2) is 48.5 Å². The van der Waals surface area contributed by atoms with Gasteiger partial charge in [0.25, 0.3) is 5.69 Å². The van der Waals surface area contributed by atoms with Gasteiger partial charge in [-0.05, 0) is 17.7 Å². The van der Waals surface area contributed by atoms with Crippen LogP contribution < -0.4 is 5.32 Å². The number of alkyl halides is 1. The van der Waals surface area contributed by atoms with Crippen LogP contribution in [0.3, 0.4) is 0 Å². The summed E-state index contributed by atoms with van der Waals surface area (Å²) in [6, 6.07) is 12.0. The topological polar surface area (TPSA) is 98.5 Å². The second-order valence-corrected chi connectivity index (χ2v) is 5.39. The van der Waals surface area contributed by atoms with E-state index in [0.29, 0.717) is 11.3 Å². The SMILES string of the molecule is COC(=O)c1ccccc1NC(=O)C(CCl)c1ccc([N+](=O)[O-])cc1. The molecule has 1 amide bonds. The lowest BCUT2D eigenvalue weighted by atomic mass is 9.99. The third-order valence-electron chi connectivity index (χ3n) is 3.57. The van der Waals surface area contributed by atoms with E-state index < -0.39 is 22.7 Å². The average Bonchev–Trinajstić information content (AvgIpc) is 2.62. The van der Waals surface area contributed by atoms with Crippen molar-refractivity contribution in [2.45, 2.75) is 5.92 Å². The Hall–Kier alpha value is -2.93. The van der Waals surface area contributed by atoms with Gasteiger partial charge in [0.05, 0.1) is 29.2 Å². The molecule has 7 nitrogen and oxygen atoms in total. The predicted octanol–water partition coefficient (Wildman–Crippen LogP) is 3.34. The fourth-order valence-corrected chi connectivity index (χ4v) is 2.56. The molecular formula is C17H15ClN2O5. The van der Waals surface area contributed by atoms with Crippen molar-refractivity contribution in [2.24, 2.45) is 0 Å². The molecule has 0 saturated heterocycles. The molecule has 25 heavy (non-hydrogen) atoms. The van der Waals surface area contributed by atoms with Crippen molar-refractivity contribution >= 4 is 34.9 Å². The Morgan fingerprint density at radius 1 is 1.20 bits per heavy atom. The first-order chi connectivity index (χ1) is 12.0. The lowest BCUT2D eigenvalue weighted by Crippen LogP contribution is -2.23. The fraction of sp³-hybridized carbons (Fsp3) is 0.176. The molecule has 1 unspecified atom stereocenters. The predicted molar refractivity (Wildman–Crippen MR) is 93.0 cm³/mol. The van der Waals surface area contributed by atoms with E-state index in [1.165, 1.54) is 37.4 Å². The number of methoxy groups -OCH3 is 1. The van der Waals surface area contributed by atoms with Gasteiger partial charge in [-0.15, -0.1) is 11.6 Å². The Labute approximate surface area is 148 Å². The zero-order chi connectivity index (χ0) is 18.4. The van der Waals surface area contributed by atoms with Crippen molar-refractivity contribution in [3.63, 3.8) is 0 Å². The van der Waals surface area contributed by atoms with Gasteiger partial charge in [0.2, 0.25) is 5.91 Å². The Kier molecular flexibility index (Phi) is 6.08. The van der Waals surface area contributed by atoms with E-state index in [2.05, 4.69) is 10.1 Å². The number of anilines is 1. The van der Waals surface area contributed by atoms with Gasteiger partial charge < -0.3 is 10.1 Å². The molecule has 2 aromatic rings. The first-order valence-corrected chi connectivity index (χ1v) is 7.80. The molecule has 0 fully saturated rings. The minimum Gasteiger partial charge on any atom is -0.465 e. The maximum absolute atomic E-state index is 12.5. The first-order valence-electron chi connectivity index (χ1n) is 7.26. The second-order valence-electron chi connectivity index (χ2n) is 5.08. The molecule has 1 N–H and O–H groups in total. The number of esters is 1. The molecule has 0 aromatic heterocycles. The summed E-state index contributed by atoms with van der Waals surface area (Å²) in [4.78, 5) is 34.5. The van der Waals surface area contributed by atoms with Crippen molar-refractivity contribution in [1.29, 1.82) is 0 Å². The smallest absolute Gasteiger partial charge is 0.339 e. The fourth-order valence-electron chi connectivity index (χ4n) is 2.24. The molecule has 0 bridgehead atoms. The van der Waals surface area contributed by atoms with Crippen molar-refractivity contribution in [3.05, 3.63) is 69.8 Å². The summed E-state index contributed by atoms with van der Waals surface area (Å²) in [5, 5.41) is 13.4. The number of ether oxygens (including phenoxy) is 1. The van der Waals surface area contributed by atoms with Crippen molar-refractivity contribution in [2.75, 3.05) is 18.3 Å². The minimum absolute atomic E-state index is 0.0238. The van der Waals surface area contributed by atoms with Crippen LogP contribution >= 0.6 is 11.6 Å². The quantitative estimate of drug-likeness (QED) is 0.368. The average molecular weight is 363 g/mol. The van der Waals surface area contributed by atoms with Gasteiger partial charge in [-0.2, -0.15) is 0 Å². The normalized spacial score (nSPS) is 11.4. The van der Waals surface area contributed by atoms with E-state index in [-0.39, 0.29) is 17.1 Å². The number of carbonyl (C=O) groups is 2. The molecule has 0 saturated carbocycles. The summed E-state index contributed by atoms with van der Waals surface area (Å²) < 4.78 is 4.69. The van der Waals surface area contributed by atoms with Crippen LogP contribution in [-0.2, 0) is 9.53 Å². The molecule has 0 aliphatic rings.